The quantitative estimate of drug-likeness (QED) is 0.488. The molecule has 0 saturated carbocycles. The van der Waals surface area contributed by atoms with Crippen LogP contribution in [0.25, 0.3) is 0 Å². The normalized spacial score (nSPS) is 10.6. The van der Waals surface area contributed by atoms with E-state index in [4.69, 9.17) is 0 Å². The Labute approximate surface area is 175 Å². The van der Waals surface area contributed by atoms with E-state index in [1.54, 1.807) is 19.1 Å². The number of nitrogens with zero attached hydrogens (tertiary/aromatic N) is 1. The molecule has 2 aromatic carbocycles. The average molecular weight is 408 g/mol. The Morgan fingerprint density at radius 3 is 2.45 bits per heavy atom. The molecule has 1 aromatic heterocycles. The molecule has 6 heteroatoms. The molecule has 0 radical (unpaired) electrons. The summed E-state index contributed by atoms with van der Waals surface area (Å²) in [5.74, 6) is 0.0853. The number of ketones is 1. The van der Waals surface area contributed by atoms with Crippen LogP contribution in [0.2, 0.25) is 0 Å². The Kier molecular flexibility index (Phi) is 7.14. The van der Waals surface area contributed by atoms with Crippen molar-refractivity contribution in [1.29, 1.82) is 0 Å². The summed E-state index contributed by atoms with van der Waals surface area (Å²) in [5.41, 5.74) is 4.88. The SMILES string of the molecule is CC(=O)c1ccc(Nc2nc(CNC(=O)CCCc3ccc(C)cc3)cs2)cc1. The summed E-state index contributed by atoms with van der Waals surface area (Å²) in [6.45, 7) is 4.04. The number of carbonyl (C=O) groups is 2. The minimum atomic E-state index is 0.0412. The van der Waals surface area contributed by atoms with Gasteiger partial charge in [0.2, 0.25) is 5.91 Å². The molecular weight excluding hydrogens is 382 g/mol. The van der Waals surface area contributed by atoms with Crippen LogP contribution in [0.4, 0.5) is 10.8 Å². The number of hydrogen-bond acceptors (Lipinski definition) is 5. The predicted molar refractivity (Wildman–Crippen MR) is 118 cm³/mol. The van der Waals surface area contributed by atoms with Crippen molar-refractivity contribution in [3.8, 4) is 0 Å². The molecule has 0 saturated heterocycles. The Morgan fingerprint density at radius 2 is 1.76 bits per heavy atom. The zero-order valence-corrected chi connectivity index (χ0v) is 17.5. The summed E-state index contributed by atoms with van der Waals surface area (Å²) >= 11 is 1.48. The van der Waals surface area contributed by atoms with Crippen molar-refractivity contribution in [2.24, 2.45) is 0 Å². The van der Waals surface area contributed by atoms with E-state index in [0.717, 1.165) is 29.4 Å². The molecule has 2 N–H and O–H groups in total. The first-order valence-electron chi connectivity index (χ1n) is 9.64. The number of carbonyl (C=O) groups excluding carboxylic acids is 2. The number of nitrogens with one attached hydrogen (secondary N) is 2. The van der Waals surface area contributed by atoms with Gasteiger partial charge in [-0.15, -0.1) is 11.3 Å². The van der Waals surface area contributed by atoms with Crippen molar-refractivity contribution in [2.75, 3.05) is 5.32 Å². The van der Waals surface area contributed by atoms with Crippen molar-refractivity contribution in [3.05, 3.63) is 76.3 Å². The topological polar surface area (TPSA) is 71.1 Å². The Bertz CT molecular complexity index is 963. The highest BCUT2D eigenvalue weighted by atomic mass is 32.1. The van der Waals surface area contributed by atoms with E-state index in [2.05, 4.69) is 46.8 Å². The van der Waals surface area contributed by atoms with Crippen LogP contribution in [-0.2, 0) is 17.8 Å². The fraction of sp³-hybridized carbons (Fsp3) is 0.261. The molecule has 0 fully saturated rings. The van der Waals surface area contributed by atoms with Gasteiger partial charge in [0.05, 0.1) is 12.2 Å². The molecular formula is C23H25N3O2S. The summed E-state index contributed by atoms with van der Waals surface area (Å²) in [7, 11) is 0. The molecule has 1 amide bonds. The number of rotatable bonds is 9. The monoisotopic (exact) mass is 407 g/mol. The first-order valence-corrected chi connectivity index (χ1v) is 10.5. The number of amides is 1. The second-order valence-corrected chi connectivity index (χ2v) is 7.88. The first kappa shape index (κ1) is 20.7. The van der Waals surface area contributed by atoms with E-state index >= 15 is 0 Å². The lowest BCUT2D eigenvalue weighted by atomic mass is 10.1. The van der Waals surface area contributed by atoms with Crippen LogP contribution in [-0.4, -0.2) is 16.7 Å². The van der Waals surface area contributed by atoms with Gasteiger partial charge >= 0.3 is 0 Å². The molecule has 29 heavy (non-hydrogen) atoms. The van der Waals surface area contributed by atoms with Crippen molar-refractivity contribution in [2.45, 2.75) is 39.7 Å². The van der Waals surface area contributed by atoms with E-state index in [9.17, 15) is 9.59 Å². The fourth-order valence-electron chi connectivity index (χ4n) is 2.84. The lowest BCUT2D eigenvalue weighted by Gasteiger charge is -2.05. The number of aryl methyl sites for hydroxylation is 2. The number of thiazole rings is 1. The lowest BCUT2D eigenvalue weighted by Crippen LogP contribution is -2.22. The van der Waals surface area contributed by atoms with Gasteiger partial charge < -0.3 is 10.6 Å². The highest BCUT2D eigenvalue weighted by molar-refractivity contribution is 7.13. The Hall–Kier alpha value is -2.99. The average Bonchev–Trinajstić information content (AvgIpc) is 3.16. The number of Topliss-reactive ketones (excluding diaryl/α,β-unsaturated/α-hetero) is 1. The zero-order chi connectivity index (χ0) is 20.6. The van der Waals surface area contributed by atoms with Crippen molar-refractivity contribution in [1.82, 2.24) is 10.3 Å². The van der Waals surface area contributed by atoms with Gasteiger partial charge in [0.25, 0.3) is 0 Å². The molecule has 0 bridgehead atoms. The molecule has 0 aliphatic carbocycles. The van der Waals surface area contributed by atoms with E-state index in [-0.39, 0.29) is 11.7 Å². The van der Waals surface area contributed by atoms with E-state index in [0.29, 0.717) is 18.5 Å². The van der Waals surface area contributed by atoms with Gasteiger partial charge in [-0.05, 0) is 56.5 Å². The third kappa shape index (κ3) is 6.54. The highest BCUT2D eigenvalue weighted by Gasteiger charge is 2.06. The molecule has 5 nitrogen and oxygen atoms in total. The number of benzene rings is 2. The Morgan fingerprint density at radius 1 is 1.03 bits per heavy atom. The molecule has 3 rings (SSSR count). The van der Waals surface area contributed by atoms with E-state index in [1.165, 1.54) is 22.5 Å². The smallest absolute Gasteiger partial charge is 0.220 e. The largest absolute Gasteiger partial charge is 0.350 e. The van der Waals surface area contributed by atoms with Gasteiger partial charge in [0, 0.05) is 23.1 Å². The van der Waals surface area contributed by atoms with Gasteiger partial charge in [0.15, 0.2) is 10.9 Å². The minimum absolute atomic E-state index is 0.0412. The van der Waals surface area contributed by atoms with Crippen molar-refractivity contribution >= 4 is 33.8 Å². The van der Waals surface area contributed by atoms with Gasteiger partial charge in [-0.1, -0.05) is 29.8 Å². The molecule has 150 valence electrons. The Balaban J connectivity index is 1.40. The lowest BCUT2D eigenvalue weighted by molar-refractivity contribution is -0.121. The third-order valence-electron chi connectivity index (χ3n) is 4.55. The highest BCUT2D eigenvalue weighted by Crippen LogP contribution is 2.21. The van der Waals surface area contributed by atoms with Crippen molar-refractivity contribution < 1.29 is 9.59 Å². The van der Waals surface area contributed by atoms with Crippen LogP contribution in [0.15, 0.2) is 53.9 Å². The summed E-state index contributed by atoms with van der Waals surface area (Å²) in [6.07, 6.45) is 2.24. The fourth-order valence-corrected chi connectivity index (χ4v) is 3.57. The second-order valence-electron chi connectivity index (χ2n) is 7.02. The van der Waals surface area contributed by atoms with Crippen molar-refractivity contribution in [3.63, 3.8) is 0 Å². The number of anilines is 2. The van der Waals surface area contributed by atoms with E-state index in [1.807, 2.05) is 17.5 Å². The first-order chi connectivity index (χ1) is 14.0. The van der Waals surface area contributed by atoms with Crippen LogP contribution < -0.4 is 10.6 Å². The maximum absolute atomic E-state index is 12.1. The standard InChI is InChI=1S/C23H25N3O2S/c1-16-6-8-18(9-7-16)4-3-5-22(28)24-14-21-15-29-23(26-21)25-20-12-10-19(11-13-20)17(2)27/h6-13,15H,3-5,14H2,1-2H3,(H,24,28)(H,25,26). The maximum Gasteiger partial charge on any atom is 0.220 e. The third-order valence-corrected chi connectivity index (χ3v) is 5.36. The van der Waals surface area contributed by atoms with Gasteiger partial charge in [-0.25, -0.2) is 4.98 Å². The number of hydrogen-bond donors (Lipinski definition) is 2. The van der Waals surface area contributed by atoms with Crippen LogP contribution in [0.5, 0.6) is 0 Å². The molecule has 0 unspecified atom stereocenters. The summed E-state index contributed by atoms with van der Waals surface area (Å²) in [4.78, 5) is 27.9. The molecule has 0 atom stereocenters. The molecule has 1 heterocycles. The van der Waals surface area contributed by atoms with Crippen LogP contribution in [0.3, 0.4) is 0 Å². The maximum atomic E-state index is 12.1. The van der Waals surface area contributed by atoms with Crippen LogP contribution in [0, 0.1) is 6.92 Å². The molecule has 0 aliphatic rings. The zero-order valence-electron chi connectivity index (χ0n) is 16.7. The summed E-state index contributed by atoms with van der Waals surface area (Å²) in [6, 6.07) is 15.7. The van der Waals surface area contributed by atoms with E-state index < -0.39 is 0 Å². The van der Waals surface area contributed by atoms with Crippen LogP contribution in [0.1, 0.15) is 46.9 Å². The second kappa shape index (κ2) is 9.98. The van der Waals surface area contributed by atoms with Gasteiger partial charge in [0.1, 0.15) is 0 Å². The summed E-state index contributed by atoms with van der Waals surface area (Å²) in [5, 5.41) is 8.83. The van der Waals surface area contributed by atoms with Gasteiger partial charge in [-0.2, -0.15) is 0 Å². The van der Waals surface area contributed by atoms with Crippen LogP contribution >= 0.6 is 11.3 Å². The molecule has 3 aromatic rings. The minimum Gasteiger partial charge on any atom is -0.350 e. The predicted octanol–water partition coefficient (Wildman–Crippen LogP) is 5.04. The molecule has 0 spiro atoms. The molecule has 0 aliphatic heterocycles. The number of aromatic nitrogens is 1. The van der Waals surface area contributed by atoms with Gasteiger partial charge in [-0.3, -0.25) is 9.59 Å². The summed E-state index contributed by atoms with van der Waals surface area (Å²) < 4.78 is 0.